The van der Waals surface area contributed by atoms with Gasteiger partial charge < -0.3 is 23.4 Å². The lowest BCUT2D eigenvalue weighted by molar-refractivity contribution is -0.147. The highest BCUT2D eigenvalue weighted by atomic mass is 16.6. The molecule has 140 valence electrons. The average Bonchev–Trinajstić information content (AvgIpc) is 2.70. The Kier molecular flexibility index (Phi) is 5.30. The van der Waals surface area contributed by atoms with E-state index in [2.05, 4.69) is 4.74 Å². The molecule has 0 bridgehead atoms. The number of benzene rings is 2. The van der Waals surface area contributed by atoms with Crippen LogP contribution in [0.15, 0.2) is 57.9 Å². The van der Waals surface area contributed by atoms with E-state index in [0.717, 1.165) is 0 Å². The van der Waals surface area contributed by atoms with Crippen molar-refractivity contribution in [2.24, 2.45) is 0 Å². The molecule has 0 aliphatic heterocycles. The summed E-state index contributed by atoms with van der Waals surface area (Å²) < 4.78 is 26.3. The first kappa shape index (κ1) is 18.3. The van der Waals surface area contributed by atoms with Gasteiger partial charge in [-0.2, -0.15) is 0 Å². The summed E-state index contributed by atoms with van der Waals surface area (Å²) in [5.74, 6) is 1.10. The lowest BCUT2D eigenvalue weighted by Crippen LogP contribution is -2.24. The second-order valence-electron chi connectivity index (χ2n) is 5.65. The van der Waals surface area contributed by atoms with Crippen molar-refractivity contribution in [1.29, 1.82) is 0 Å². The molecule has 0 amide bonds. The summed E-state index contributed by atoms with van der Waals surface area (Å²) in [5, 5.41) is 0.332. The average molecular weight is 370 g/mol. The zero-order valence-electron chi connectivity index (χ0n) is 15.1. The smallest absolute Gasteiger partial charge is 0.346 e. The van der Waals surface area contributed by atoms with Crippen LogP contribution in [-0.4, -0.2) is 26.3 Å². The van der Waals surface area contributed by atoms with Crippen LogP contribution < -0.4 is 19.6 Å². The summed E-state index contributed by atoms with van der Waals surface area (Å²) in [6, 6.07) is 11.5. The maximum atomic E-state index is 12.6. The molecule has 0 aliphatic carbocycles. The summed E-state index contributed by atoms with van der Waals surface area (Å²) in [5.41, 5.74) is -0.00344. The molecule has 7 heteroatoms. The molecule has 2 aromatic carbocycles. The largest absolute Gasteiger partial charge is 0.497 e. The molecule has 0 saturated heterocycles. The summed E-state index contributed by atoms with van der Waals surface area (Å²) in [7, 11) is 2.85. The molecule has 1 heterocycles. The highest BCUT2D eigenvalue weighted by Crippen LogP contribution is 2.25. The van der Waals surface area contributed by atoms with Crippen molar-refractivity contribution in [2.75, 3.05) is 14.2 Å². The fourth-order valence-corrected chi connectivity index (χ4v) is 2.42. The first-order valence-electron chi connectivity index (χ1n) is 8.13. The Morgan fingerprint density at radius 2 is 1.67 bits per heavy atom. The Hall–Kier alpha value is -3.48. The van der Waals surface area contributed by atoms with Crippen molar-refractivity contribution in [2.45, 2.75) is 13.0 Å². The molecule has 1 unspecified atom stereocenters. The SMILES string of the molecule is COC(=O)C(C)Oc1ccc2c(=O)c(Oc3ccc(OC)cc3)coc2c1. The van der Waals surface area contributed by atoms with E-state index in [1.54, 1.807) is 50.4 Å². The van der Waals surface area contributed by atoms with Gasteiger partial charge in [-0.05, 0) is 43.3 Å². The highest BCUT2D eigenvalue weighted by Gasteiger charge is 2.16. The summed E-state index contributed by atoms with van der Waals surface area (Å²) in [4.78, 5) is 24.1. The predicted octanol–water partition coefficient (Wildman–Crippen LogP) is 3.53. The highest BCUT2D eigenvalue weighted by molar-refractivity contribution is 5.79. The van der Waals surface area contributed by atoms with E-state index in [9.17, 15) is 9.59 Å². The molecule has 3 aromatic rings. The van der Waals surface area contributed by atoms with Gasteiger partial charge in [0.05, 0.1) is 19.6 Å². The monoisotopic (exact) mass is 370 g/mol. The second-order valence-corrected chi connectivity index (χ2v) is 5.65. The molecule has 0 spiro atoms. The molecular formula is C20H18O7. The zero-order valence-corrected chi connectivity index (χ0v) is 15.1. The Balaban J connectivity index is 1.85. The van der Waals surface area contributed by atoms with Crippen molar-refractivity contribution in [3.63, 3.8) is 0 Å². The van der Waals surface area contributed by atoms with E-state index in [1.807, 2.05) is 0 Å². The van der Waals surface area contributed by atoms with Crippen molar-refractivity contribution in [3.8, 4) is 23.0 Å². The van der Waals surface area contributed by atoms with Crippen LogP contribution in [0.1, 0.15) is 6.92 Å². The Labute approximate surface area is 155 Å². The minimum Gasteiger partial charge on any atom is -0.497 e. The molecule has 0 fully saturated rings. The van der Waals surface area contributed by atoms with Gasteiger partial charge >= 0.3 is 5.97 Å². The van der Waals surface area contributed by atoms with Gasteiger partial charge in [-0.15, -0.1) is 0 Å². The van der Waals surface area contributed by atoms with E-state index >= 15 is 0 Å². The predicted molar refractivity (Wildman–Crippen MR) is 97.7 cm³/mol. The van der Waals surface area contributed by atoms with Crippen molar-refractivity contribution < 1.29 is 28.2 Å². The number of rotatable bonds is 6. The minimum absolute atomic E-state index is 0.0595. The summed E-state index contributed by atoms with van der Waals surface area (Å²) in [6.45, 7) is 1.57. The quantitative estimate of drug-likeness (QED) is 0.614. The van der Waals surface area contributed by atoms with Crippen LogP contribution in [0.2, 0.25) is 0 Å². The molecular weight excluding hydrogens is 352 g/mol. The number of hydrogen-bond donors (Lipinski definition) is 0. The number of methoxy groups -OCH3 is 2. The molecule has 27 heavy (non-hydrogen) atoms. The van der Waals surface area contributed by atoms with Crippen LogP contribution in [0, 0.1) is 0 Å². The molecule has 7 nitrogen and oxygen atoms in total. The van der Waals surface area contributed by atoms with Gasteiger partial charge in [0.2, 0.25) is 11.2 Å². The maximum Gasteiger partial charge on any atom is 0.346 e. The number of hydrogen-bond acceptors (Lipinski definition) is 7. The number of esters is 1. The van der Waals surface area contributed by atoms with E-state index in [4.69, 9.17) is 18.6 Å². The van der Waals surface area contributed by atoms with Crippen molar-refractivity contribution in [3.05, 3.63) is 59.0 Å². The van der Waals surface area contributed by atoms with Gasteiger partial charge in [-0.25, -0.2) is 4.79 Å². The number of carbonyl (C=O) groups excluding carboxylic acids is 1. The molecule has 1 aromatic heterocycles. The minimum atomic E-state index is -0.781. The van der Waals surface area contributed by atoms with Crippen LogP contribution in [0.5, 0.6) is 23.0 Å². The topological polar surface area (TPSA) is 84.2 Å². The van der Waals surface area contributed by atoms with Gasteiger partial charge in [0.15, 0.2) is 6.10 Å². The second kappa shape index (κ2) is 7.82. The van der Waals surface area contributed by atoms with Crippen molar-refractivity contribution >= 4 is 16.9 Å². The van der Waals surface area contributed by atoms with Crippen LogP contribution in [-0.2, 0) is 9.53 Å². The van der Waals surface area contributed by atoms with Gasteiger partial charge in [0, 0.05) is 6.07 Å². The third-order valence-electron chi connectivity index (χ3n) is 3.85. The first-order chi connectivity index (χ1) is 13.0. The number of carbonyl (C=O) groups is 1. The van der Waals surface area contributed by atoms with Crippen LogP contribution in [0.4, 0.5) is 0 Å². The van der Waals surface area contributed by atoms with E-state index < -0.39 is 12.1 Å². The summed E-state index contributed by atoms with van der Waals surface area (Å²) in [6.07, 6.45) is 0.458. The number of fused-ring (bicyclic) bond motifs is 1. The molecule has 0 radical (unpaired) electrons. The van der Waals surface area contributed by atoms with Crippen molar-refractivity contribution in [1.82, 2.24) is 0 Å². The fourth-order valence-electron chi connectivity index (χ4n) is 2.42. The van der Waals surface area contributed by atoms with E-state index in [1.165, 1.54) is 19.4 Å². The third kappa shape index (κ3) is 4.03. The molecule has 3 rings (SSSR count). The van der Waals surface area contributed by atoms with Gasteiger partial charge in [0.25, 0.3) is 0 Å². The van der Waals surface area contributed by atoms with Gasteiger partial charge in [0.1, 0.15) is 29.1 Å². The normalized spacial score (nSPS) is 11.7. The van der Waals surface area contributed by atoms with E-state index in [-0.39, 0.29) is 11.2 Å². The summed E-state index contributed by atoms with van der Waals surface area (Å²) >= 11 is 0. The molecule has 0 aliphatic rings. The fraction of sp³-hybridized carbons (Fsp3) is 0.200. The van der Waals surface area contributed by atoms with Gasteiger partial charge in [-0.1, -0.05) is 0 Å². The molecule has 0 N–H and O–H groups in total. The standard InChI is InChI=1S/C20H18O7/c1-12(20(22)24-3)26-15-8-9-16-17(10-15)25-11-18(19(16)21)27-14-6-4-13(23-2)5-7-14/h4-12H,1-3H3. The Morgan fingerprint density at radius 1 is 1.00 bits per heavy atom. The van der Waals surface area contributed by atoms with Gasteiger partial charge in [-0.3, -0.25) is 4.79 Å². The van der Waals surface area contributed by atoms with E-state index in [0.29, 0.717) is 28.2 Å². The maximum absolute atomic E-state index is 12.6. The molecule has 1 atom stereocenters. The molecule has 0 saturated carbocycles. The zero-order chi connectivity index (χ0) is 19.4. The van der Waals surface area contributed by atoms with Crippen LogP contribution in [0.25, 0.3) is 11.0 Å². The van der Waals surface area contributed by atoms with Crippen LogP contribution >= 0.6 is 0 Å². The third-order valence-corrected chi connectivity index (χ3v) is 3.85. The van der Waals surface area contributed by atoms with Crippen LogP contribution in [0.3, 0.4) is 0 Å². The first-order valence-corrected chi connectivity index (χ1v) is 8.13. The lowest BCUT2D eigenvalue weighted by Gasteiger charge is -2.12. The Morgan fingerprint density at radius 3 is 2.33 bits per heavy atom. The Bertz CT molecular complexity index is 1010. The lowest BCUT2D eigenvalue weighted by atomic mass is 10.2. The number of ether oxygens (including phenoxy) is 4.